The van der Waals surface area contributed by atoms with Gasteiger partial charge in [-0.2, -0.15) is 0 Å². The average molecular weight is 293 g/mol. The highest BCUT2D eigenvalue weighted by molar-refractivity contribution is 7.80. The molecule has 0 aliphatic heterocycles. The second-order valence-electron chi connectivity index (χ2n) is 4.09. The Labute approximate surface area is 122 Å². The molecule has 0 atom stereocenters. The molecule has 1 rings (SSSR count). The Morgan fingerprint density at radius 3 is 2.70 bits per heavy atom. The first-order valence-electron chi connectivity index (χ1n) is 5.83. The van der Waals surface area contributed by atoms with Crippen LogP contribution in [0.1, 0.15) is 19.4 Å². The predicted molar refractivity (Wildman–Crippen MR) is 79.6 cm³/mol. The van der Waals surface area contributed by atoms with Crippen LogP contribution < -0.4 is 10.1 Å². The van der Waals surface area contributed by atoms with Gasteiger partial charge in [0.05, 0.1) is 4.99 Å². The fourth-order valence-electron chi connectivity index (χ4n) is 1.41. The molecule has 0 bridgehead atoms. The molecule has 0 heterocycles. The minimum absolute atomic E-state index is 0.269. The van der Waals surface area contributed by atoms with Gasteiger partial charge in [-0.15, -0.1) is 0 Å². The lowest BCUT2D eigenvalue weighted by molar-refractivity contribution is -0.139. The van der Waals surface area contributed by atoms with Gasteiger partial charge in [-0.1, -0.05) is 24.4 Å². The number of carbonyl (C=O) groups is 2. The van der Waals surface area contributed by atoms with Crippen LogP contribution >= 0.6 is 12.2 Å². The number of hydrogen-bond acceptors (Lipinski definition) is 4. The van der Waals surface area contributed by atoms with Crippen molar-refractivity contribution in [1.82, 2.24) is 5.32 Å². The molecule has 5 nitrogen and oxygen atoms in total. The zero-order valence-electron chi connectivity index (χ0n) is 11.2. The topological polar surface area (TPSA) is 75.6 Å². The van der Waals surface area contributed by atoms with E-state index in [2.05, 4.69) is 5.32 Å². The highest BCUT2D eigenvalue weighted by Crippen LogP contribution is 2.16. The second-order valence-corrected chi connectivity index (χ2v) is 4.70. The van der Waals surface area contributed by atoms with E-state index < -0.39 is 12.6 Å². The lowest BCUT2D eigenvalue weighted by atomic mass is 10.1. The molecule has 1 aromatic rings. The number of carboxylic acid groups (broad SMARTS) is 1. The van der Waals surface area contributed by atoms with E-state index in [0.717, 1.165) is 5.56 Å². The molecule has 0 aromatic heterocycles. The Bertz CT molecular complexity index is 566. The maximum absolute atomic E-state index is 11.7. The van der Waals surface area contributed by atoms with Gasteiger partial charge in [0.2, 0.25) is 0 Å². The number of hydrogen-bond donors (Lipinski definition) is 2. The van der Waals surface area contributed by atoms with Crippen molar-refractivity contribution in [2.45, 2.75) is 13.8 Å². The summed E-state index contributed by atoms with van der Waals surface area (Å²) in [5.41, 5.74) is 1.23. The maximum atomic E-state index is 11.7. The van der Waals surface area contributed by atoms with E-state index in [4.69, 9.17) is 22.1 Å². The Morgan fingerprint density at radius 2 is 2.10 bits per heavy atom. The molecule has 6 heteroatoms. The third kappa shape index (κ3) is 5.62. The summed E-state index contributed by atoms with van der Waals surface area (Å²) in [6.45, 7) is 2.88. The number of ether oxygens (including phenoxy) is 1. The van der Waals surface area contributed by atoms with E-state index in [1.165, 1.54) is 0 Å². The van der Waals surface area contributed by atoms with Crippen molar-refractivity contribution in [3.8, 4) is 5.75 Å². The van der Waals surface area contributed by atoms with Gasteiger partial charge >= 0.3 is 5.97 Å². The lowest BCUT2D eigenvalue weighted by Crippen LogP contribution is -2.27. The van der Waals surface area contributed by atoms with Crippen molar-refractivity contribution in [2.75, 3.05) is 6.61 Å². The van der Waals surface area contributed by atoms with E-state index in [1.54, 1.807) is 44.2 Å². The van der Waals surface area contributed by atoms with Gasteiger partial charge < -0.3 is 15.2 Å². The summed E-state index contributed by atoms with van der Waals surface area (Å²) in [7, 11) is 0. The lowest BCUT2D eigenvalue weighted by Gasteiger charge is -2.05. The van der Waals surface area contributed by atoms with Crippen LogP contribution in [0.3, 0.4) is 0 Å². The minimum atomic E-state index is -1.04. The fourth-order valence-corrected chi connectivity index (χ4v) is 1.51. The highest BCUT2D eigenvalue weighted by Gasteiger charge is 2.05. The van der Waals surface area contributed by atoms with E-state index >= 15 is 0 Å². The van der Waals surface area contributed by atoms with Crippen LogP contribution in [0.15, 0.2) is 29.8 Å². The van der Waals surface area contributed by atoms with Crippen LogP contribution in [0.25, 0.3) is 6.08 Å². The molecule has 20 heavy (non-hydrogen) atoms. The molecule has 0 unspecified atom stereocenters. The Morgan fingerprint density at radius 1 is 1.40 bits per heavy atom. The summed E-state index contributed by atoms with van der Waals surface area (Å²) >= 11 is 4.80. The number of rotatable bonds is 5. The number of benzene rings is 1. The molecule has 0 saturated carbocycles. The van der Waals surface area contributed by atoms with Crippen LogP contribution in [-0.4, -0.2) is 28.6 Å². The predicted octanol–water partition coefficient (Wildman–Crippen LogP) is 2.02. The van der Waals surface area contributed by atoms with Gasteiger partial charge in [0.1, 0.15) is 5.75 Å². The Balaban J connectivity index is 2.81. The standard InChI is InChI=1S/C14H15NO4S/c1-9(14(18)15-10(2)20)6-11-4-3-5-12(7-11)19-8-13(16)17/h3-7H,8H2,1-2H3,(H,16,17)(H,15,18,20)/b9-6+. The highest BCUT2D eigenvalue weighted by atomic mass is 32.1. The van der Waals surface area contributed by atoms with Gasteiger partial charge in [0.25, 0.3) is 5.91 Å². The first-order chi connectivity index (χ1) is 9.38. The molecule has 2 N–H and O–H groups in total. The van der Waals surface area contributed by atoms with Crippen LogP contribution in [0.5, 0.6) is 5.75 Å². The molecular weight excluding hydrogens is 278 g/mol. The summed E-state index contributed by atoms with van der Waals surface area (Å²) in [6.07, 6.45) is 1.67. The third-order valence-electron chi connectivity index (χ3n) is 2.25. The first kappa shape index (κ1) is 15.8. The summed E-state index contributed by atoms with van der Waals surface area (Å²) in [4.78, 5) is 22.5. The van der Waals surface area contributed by atoms with Crippen molar-refractivity contribution in [2.24, 2.45) is 0 Å². The van der Waals surface area contributed by atoms with Crippen molar-refractivity contribution >= 4 is 35.2 Å². The summed E-state index contributed by atoms with van der Waals surface area (Å²) < 4.78 is 5.06. The molecule has 1 aromatic carbocycles. The Kier molecular flexibility index (Phi) is 5.86. The van der Waals surface area contributed by atoms with E-state index in [9.17, 15) is 9.59 Å². The summed E-state index contributed by atoms with van der Waals surface area (Å²) in [5, 5.41) is 11.1. The van der Waals surface area contributed by atoms with Crippen LogP contribution in [0.2, 0.25) is 0 Å². The number of carbonyl (C=O) groups excluding carboxylic acids is 1. The monoisotopic (exact) mass is 293 g/mol. The van der Waals surface area contributed by atoms with E-state index in [-0.39, 0.29) is 5.91 Å². The molecule has 0 saturated heterocycles. The maximum Gasteiger partial charge on any atom is 0.341 e. The molecule has 0 aliphatic rings. The first-order valence-corrected chi connectivity index (χ1v) is 6.24. The van der Waals surface area contributed by atoms with Crippen molar-refractivity contribution in [3.05, 3.63) is 35.4 Å². The summed E-state index contributed by atoms with van der Waals surface area (Å²) in [6, 6.07) is 6.81. The molecule has 0 aliphatic carbocycles. The van der Waals surface area contributed by atoms with Crippen LogP contribution in [0, 0.1) is 0 Å². The normalized spacial score (nSPS) is 10.8. The van der Waals surface area contributed by atoms with Gasteiger partial charge in [0.15, 0.2) is 6.61 Å². The molecule has 1 amide bonds. The SMILES string of the molecule is CC(=S)NC(=O)/C(C)=C/c1cccc(OCC(=O)O)c1. The van der Waals surface area contributed by atoms with E-state index in [0.29, 0.717) is 16.3 Å². The van der Waals surface area contributed by atoms with Crippen LogP contribution in [-0.2, 0) is 9.59 Å². The van der Waals surface area contributed by atoms with Gasteiger partial charge in [-0.25, -0.2) is 4.79 Å². The van der Waals surface area contributed by atoms with Gasteiger partial charge in [-0.05, 0) is 37.6 Å². The summed E-state index contributed by atoms with van der Waals surface area (Å²) in [5.74, 6) is -0.882. The second kappa shape index (κ2) is 7.40. The average Bonchev–Trinajstić information content (AvgIpc) is 2.36. The number of nitrogens with one attached hydrogen (secondary N) is 1. The smallest absolute Gasteiger partial charge is 0.341 e. The zero-order chi connectivity index (χ0) is 15.1. The molecule has 0 radical (unpaired) electrons. The Hall–Kier alpha value is -2.21. The van der Waals surface area contributed by atoms with Gasteiger partial charge in [0, 0.05) is 5.57 Å². The largest absolute Gasteiger partial charge is 0.482 e. The molecular formula is C14H15NO4S. The molecule has 0 spiro atoms. The number of amides is 1. The number of carboxylic acids is 1. The molecule has 106 valence electrons. The van der Waals surface area contributed by atoms with Crippen LogP contribution in [0.4, 0.5) is 0 Å². The minimum Gasteiger partial charge on any atom is -0.482 e. The zero-order valence-corrected chi connectivity index (χ0v) is 12.0. The third-order valence-corrected chi connectivity index (χ3v) is 2.35. The van der Waals surface area contributed by atoms with Crippen molar-refractivity contribution in [1.29, 1.82) is 0 Å². The molecule has 0 fully saturated rings. The number of aliphatic carboxylic acids is 1. The van der Waals surface area contributed by atoms with Crippen molar-refractivity contribution < 1.29 is 19.4 Å². The quantitative estimate of drug-likeness (QED) is 0.641. The number of thiocarbonyl (C=S) groups is 1. The van der Waals surface area contributed by atoms with Crippen molar-refractivity contribution in [3.63, 3.8) is 0 Å². The van der Waals surface area contributed by atoms with E-state index in [1.807, 2.05) is 0 Å². The van der Waals surface area contributed by atoms with Gasteiger partial charge in [-0.3, -0.25) is 4.79 Å². The fraction of sp³-hybridized carbons (Fsp3) is 0.214.